The van der Waals surface area contributed by atoms with Crippen molar-refractivity contribution in [3.63, 3.8) is 0 Å². The summed E-state index contributed by atoms with van der Waals surface area (Å²) >= 11 is 18.5. The van der Waals surface area contributed by atoms with Crippen LogP contribution in [0, 0.1) is 0 Å². The van der Waals surface area contributed by atoms with E-state index in [0.717, 1.165) is 11.8 Å². The van der Waals surface area contributed by atoms with E-state index in [1.807, 2.05) is 12.1 Å². The van der Waals surface area contributed by atoms with Crippen LogP contribution in [0.4, 0.5) is 0 Å². The predicted molar refractivity (Wildman–Crippen MR) is 143 cm³/mol. The summed E-state index contributed by atoms with van der Waals surface area (Å²) < 4.78 is 23.6. The monoisotopic (exact) mass is 583 g/mol. The van der Waals surface area contributed by atoms with Crippen molar-refractivity contribution in [1.29, 1.82) is 0 Å². The van der Waals surface area contributed by atoms with Crippen molar-refractivity contribution < 1.29 is 28.2 Å². The first kappa shape index (κ1) is 28.9. The summed E-state index contributed by atoms with van der Waals surface area (Å²) in [6, 6.07) is 14.5. The fourth-order valence-corrected chi connectivity index (χ4v) is 5.19. The number of sulfone groups is 1. The number of rotatable bonds is 10. The lowest BCUT2D eigenvalue weighted by Crippen LogP contribution is -2.42. The molecule has 0 saturated heterocycles. The van der Waals surface area contributed by atoms with Gasteiger partial charge in [-0.2, -0.15) is 0 Å². The number of carbonyl (C=O) groups is 2. The van der Waals surface area contributed by atoms with E-state index in [4.69, 9.17) is 34.8 Å². The Morgan fingerprint density at radius 1 is 0.946 bits per heavy atom. The van der Waals surface area contributed by atoms with Crippen molar-refractivity contribution >= 4 is 56.5 Å². The maximum atomic E-state index is 12.9. The fourth-order valence-electron chi connectivity index (χ4n) is 3.69. The van der Waals surface area contributed by atoms with Gasteiger partial charge in [-0.1, -0.05) is 59.1 Å². The summed E-state index contributed by atoms with van der Waals surface area (Å²) in [6.07, 6.45) is 0.910. The first-order chi connectivity index (χ1) is 17.3. The van der Waals surface area contributed by atoms with Crippen LogP contribution in [0.3, 0.4) is 0 Å². The highest BCUT2D eigenvalue weighted by molar-refractivity contribution is 7.90. The van der Waals surface area contributed by atoms with Gasteiger partial charge in [0.15, 0.2) is 9.84 Å². The zero-order valence-electron chi connectivity index (χ0n) is 19.6. The third kappa shape index (κ3) is 7.93. The Morgan fingerprint density at radius 3 is 2.14 bits per heavy atom. The average molecular weight is 585 g/mol. The topological polar surface area (TPSA) is 121 Å². The Bertz CT molecular complexity index is 1390. The molecule has 0 spiro atoms. The second-order valence-corrected chi connectivity index (χ2v) is 11.8. The molecule has 0 bridgehead atoms. The number of amides is 1. The van der Waals surface area contributed by atoms with Gasteiger partial charge in [0, 0.05) is 17.7 Å². The number of benzene rings is 3. The molecule has 3 N–H and O–H groups in total. The summed E-state index contributed by atoms with van der Waals surface area (Å²) in [5.41, 5.74) is 1.67. The highest BCUT2D eigenvalue weighted by Gasteiger charge is 2.25. The van der Waals surface area contributed by atoms with Gasteiger partial charge in [-0.3, -0.25) is 4.79 Å². The second kappa shape index (κ2) is 12.3. The molecule has 0 radical (unpaired) electrons. The zero-order valence-corrected chi connectivity index (χ0v) is 22.7. The molecule has 11 heteroatoms. The van der Waals surface area contributed by atoms with Crippen molar-refractivity contribution in [1.82, 2.24) is 5.32 Å². The summed E-state index contributed by atoms with van der Waals surface area (Å²) in [5.74, 6) is -2.14. The summed E-state index contributed by atoms with van der Waals surface area (Å²) in [7, 11) is -3.49. The molecule has 0 aliphatic rings. The minimum Gasteiger partial charge on any atom is -0.480 e. The quantitative estimate of drug-likeness (QED) is 0.303. The van der Waals surface area contributed by atoms with E-state index in [0.29, 0.717) is 29.0 Å². The molecule has 3 rings (SSSR count). The Morgan fingerprint density at radius 2 is 1.57 bits per heavy atom. The van der Waals surface area contributed by atoms with Crippen LogP contribution in [0.5, 0.6) is 0 Å². The molecular weight excluding hydrogens is 561 g/mol. The second-order valence-electron chi connectivity index (χ2n) is 8.53. The van der Waals surface area contributed by atoms with Gasteiger partial charge in [0.05, 0.1) is 26.6 Å². The minimum absolute atomic E-state index is 0.0387. The lowest BCUT2D eigenvalue weighted by molar-refractivity contribution is -0.139. The van der Waals surface area contributed by atoms with E-state index >= 15 is 0 Å². The molecule has 0 aromatic heterocycles. The number of hydrogen-bond acceptors (Lipinski definition) is 5. The van der Waals surface area contributed by atoms with Crippen molar-refractivity contribution in [2.75, 3.05) is 6.26 Å². The van der Waals surface area contributed by atoms with Crippen LogP contribution in [-0.2, 0) is 27.5 Å². The van der Waals surface area contributed by atoms with Crippen LogP contribution in [0.15, 0.2) is 65.6 Å². The lowest BCUT2D eigenvalue weighted by Gasteiger charge is -2.18. The van der Waals surface area contributed by atoms with Crippen LogP contribution in [-0.4, -0.2) is 42.8 Å². The van der Waals surface area contributed by atoms with Crippen LogP contribution in [0.25, 0.3) is 0 Å². The van der Waals surface area contributed by atoms with Crippen LogP contribution < -0.4 is 5.32 Å². The molecule has 2 atom stereocenters. The number of halogens is 3. The fraction of sp³-hybridized carbons (Fsp3) is 0.231. The average Bonchev–Trinajstić information content (AvgIpc) is 2.82. The molecule has 1 unspecified atom stereocenters. The third-order valence-corrected chi connectivity index (χ3v) is 7.62. The normalized spacial score (nSPS) is 13.1. The van der Waals surface area contributed by atoms with E-state index in [1.165, 1.54) is 30.3 Å². The summed E-state index contributed by atoms with van der Waals surface area (Å²) in [4.78, 5) is 24.8. The standard InChI is InChI=1S/C26H24Cl3NO6S/c1-37(35,36)19-4-2-3-16(11-19)12-22(26(33)34)30-25(32)24-20(28)13-17(14-21(24)29)23(31)10-7-15-5-8-18(27)9-6-15/h2-6,8-9,11,13-14,22-23,31H,7,10,12H2,1H3,(H,30,32)(H,33,34)/t22-,23?/m0/s1. The SMILES string of the molecule is CS(=O)(=O)c1cccc(C[C@H](NC(=O)c2c(Cl)cc(C(O)CCc3ccc(Cl)cc3)cc2Cl)C(=O)O)c1. The van der Waals surface area contributed by atoms with Crippen molar-refractivity contribution in [2.24, 2.45) is 0 Å². The van der Waals surface area contributed by atoms with Gasteiger partial charge in [0.25, 0.3) is 5.91 Å². The molecule has 7 nitrogen and oxygen atoms in total. The number of nitrogens with one attached hydrogen (secondary N) is 1. The van der Waals surface area contributed by atoms with Crippen LogP contribution >= 0.6 is 34.8 Å². The number of carboxylic acids is 1. The number of carbonyl (C=O) groups excluding carboxylic acids is 1. The van der Waals surface area contributed by atoms with E-state index in [2.05, 4.69) is 5.32 Å². The Kier molecular flexibility index (Phi) is 9.61. The van der Waals surface area contributed by atoms with E-state index < -0.39 is 33.9 Å². The number of aliphatic hydroxyl groups is 1. The largest absolute Gasteiger partial charge is 0.480 e. The molecule has 1 amide bonds. The van der Waals surface area contributed by atoms with Gasteiger partial charge in [-0.25, -0.2) is 13.2 Å². The smallest absolute Gasteiger partial charge is 0.326 e. The van der Waals surface area contributed by atoms with Crippen molar-refractivity contribution in [3.8, 4) is 0 Å². The number of hydrogen-bond donors (Lipinski definition) is 3. The molecule has 0 heterocycles. The van der Waals surface area contributed by atoms with E-state index in [9.17, 15) is 28.2 Å². The molecule has 3 aromatic rings. The molecule has 196 valence electrons. The molecule has 0 fully saturated rings. The molecule has 0 aliphatic heterocycles. The van der Waals surface area contributed by atoms with Gasteiger partial charge in [-0.15, -0.1) is 0 Å². The van der Waals surface area contributed by atoms with E-state index in [-0.39, 0.29) is 26.9 Å². The maximum absolute atomic E-state index is 12.9. The molecular formula is C26H24Cl3NO6S. The Hall–Kier alpha value is -2.62. The number of carboxylic acid groups (broad SMARTS) is 1. The predicted octanol–water partition coefficient (Wildman–Crippen LogP) is 5.14. The molecule has 37 heavy (non-hydrogen) atoms. The number of aliphatic carboxylic acids is 1. The highest BCUT2D eigenvalue weighted by atomic mass is 35.5. The molecule has 3 aromatic carbocycles. The lowest BCUT2D eigenvalue weighted by atomic mass is 9.99. The zero-order chi connectivity index (χ0) is 27.3. The first-order valence-electron chi connectivity index (χ1n) is 11.1. The van der Waals surface area contributed by atoms with Crippen molar-refractivity contribution in [2.45, 2.75) is 36.3 Å². The summed E-state index contributed by atoms with van der Waals surface area (Å²) in [5, 5.41) is 23.2. The Labute approximate surface area is 229 Å². The van der Waals surface area contributed by atoms with Crippen molar-refractivity contribution in [3.05, 3.63) is 98.0 Å². The van der Waals surface area contributed by atoms with Crippen LogP contribution in [0.1, 0.15) is 39.6 Å². The van der Waals surface area contributed by atoms with Gasteiger partial charge in [-0.05, 0) is 65.9 Å². The van der Waals surface area contributed by atoms with E-state index in [1.54, 1.807) is 18.2 Å². The highest BCUT2D eigenvalue weighted by Crippen LogP contribution is 2.31. The number of aryl methyl sites for hydroxylation is 1. The van der Waals surface area contributed by atoms with Gasteiger partial charge < -0.3 is 15.5 Å². The van der Waals surface area contributed by atoms with Crippen LogP contribution in [0.2, 0.25) is 15.1 Å². The first-order valence-corrected chi connectivity index (χ1v) is 14.1. The third-order valence-electron chi connectivity index (χ3n) is 5.67. The summed E-state index contributed by atoms with van der Waals surface area (Å²) in [6.45, 7) is 0. The van der Waals surface area contributed by atoms with Gasteiger partial charge in [0.2, 0.25) is 0 Å². The number of aliphatic hydroxyl groups excluding tert-OH is 1. The molecule has 0 saturated carbocycles. The maximum Gasteiger partial charge on any atom is 0.326 e. The van der Waals surface area contributed by atoms with Gasteiger partial charge in [0.1, 0.15) is 6.04 Å². The van der Waals surface area contributed by atoms with Gasteiger partial charge >= 0.3 is 5.97 Å². The molecule has 0 aliphatic carbocycles. The minimum atomic E-state index is -3.49. The Balaban J connectivity index is 1.73.